The summed E-state index contributed by atoms with van der Waals surface area (Å²) in [6.07, 6.45) is 0. The number of benzene rings is 1. The van der Waals surface area contributed by atoms with E-state index in [1.54, 1.807) is 19.1 Å². The first-order valence-corrected chi connectivity index (χ1v) is 5.24. The van der Waals surface area contributed by atoms with Crippen LogP contribution in [-0.2, 0) is 4.79 Å². The largest absolute Gasteiger partial charge is 0.480 e. The van der Waals surface area contributed by atoms with Gasteiger partial charge in [0.15, 0.2) is 6.04 Å². The van der Waals surface area contributed by atoms with Crippen LogP contribution in [0.4, 0.5) is 0 Å². The number of aliphatic hydroxyl groups is 1. The van der Waals surface area contributed by atoms with Gasteiger partial charge in [0, 0.05) is 10.6 Å². The molecule has 92 valence electrons. The van der Waals surface area contributed by atoms with E-state index in [0.717, 1.165) is 0 Å². The molecular weight excluding hydrogens is 246 g/mol. The van der Waals surface area contributed by atoms with E-state index in [4.69, 9.17) is 21.8 Å². The third-order valence-electron chi connectivity index (χ3n) is 2.23. The van der Waals surface area contributed by atoms with Gasteiger partial charge in [0.1, 0.15) is 0 Å². The van der Waals surface area contributed by atoms with Crippen LogP contribution in [0.1, 0.15) is 15.9 Å². The number of hydrogen-bond acceptors (Lipinski definition) is 3. The Balaban J connectivity index is 2.89. The van der Waals surface area contributed by atoms with Crippen molar-refractivity contribution in [1.29, 1.82) is 0 Å². The number of amides is 1. The number of carbonyl (C=O) groups excluding carboxylic acids is 1. The van der Waals surface area contributed by atoms with Crippen LogP contribution in [0.15, 0.2) is 18.2 Å². The molecule has 17 heavy (non-hydrogen) atoms. The summed E-state index contributed by atoms with van der Waals surface area (Å²) in [5.74, 6) is -1.87. The van der Waals surface area contributed by atoms with Gasteiger partial charge in [-0.2, -0.15) is 0 Å². The van der Waals surface area contributed by atoms with Crippen molar-refractivity contribution in [3.63, 3.8) is 0 Å². The van der Waals surface area contributed by atoms with E-state index in [1.807, 2.05) is 0 Å². The lowest BCUT2D eigenvalue weighted by Crippen LogP contribution is -2.43. The van der Waals surface area contributed by atoms with Gasteiger partial charge >= 0.3 is 5.97 Å². The van der Waals surface area contributed by atoms with Crippen molar-refractivity contribution >= 4 is 23.5 Å². The summed E-state index contributed by atoms with van der Waals surface area (Å²) in [6.45, 7) is 1.04. The first kappa shape index (κ1) is 13.5. The summed E-state index contributed by atoms with van der Waals surface area (Å²) in [6, 6.07) is 3.42. The van der Waals surface area contributed by atoms with Crippen molar-refractivity contribution < 1.29 is 19.8 Å². The Labute approximate surface area is 103 Å². The van der Waals surface area contributed by atoms with E-state index in [-0.39, 0.29) is 5.56 Å². The zero-order valence-corrected chi connectivity index (χ0v) is 9.86. The summed E-state index contributed by atoms with van der Waals surface area (Å²) in [5.41, 5.74) is 0.964. The van der Waals surface area contributed by atoms with Crippen LogP contribution < -0.4 is 5.32 Å². The van der Waals surface area contributed by atoms with Gasteiger partial charge in [-0.25, -0.2) is 4.79 Å². The highest BCUT2D eigenvalue weighted by atomic mass is 35.5. The van der Waals surface area contributed by atoms with E-state index in [1.165, 1.54) is 6.07 Å². The van der Waals surface area contributed by atoms with Gasteiger partial charge in [0.25, 0.3) is 5.91 Å². The highest BCUT2D eigenvalue weighted by Gasteiger charge is 2.20. The van der Waals surface area contributed by atoms with Gasteiger partial charge in [0.2, 0.25) is 0 Å². The fraction of sp³-hybridized carbons (Fsp3) is 0.273. The predicted octanol–water partition coefficient (Wildman–Crippen LogP) is 0.824. The molecule has 0 aliphatic carbocycles. The SMILES string of the molecule is Cc1ccc(Cl)cc1C(=O)NC(CO)C(=O)O. The van der Waals surface area contributed by atoms with Crippen molar-refractivity contribution in [1.82, 2.24) is 5.32 Å². The maximum absolute atomic E-state index is 11.7. The highest BCUT2D eigenvalue weighted by molar-refractivity contribution is 6.31. The molecular formula is C11H12ClNO4. The van der Waals surface area contributed by atoms with E-state index >= 15 is 0 Å². The Kier molecular flexibility index (Phi) is 4.48. The number of carboxylic acids is 1. The van der Waals surface area contributed by atoms with Gasteiger partial charge in [-0.05, 0) is 24.6 Å². The summed E-state index contributed by atoms with van der Waals surface area (Å²) in [5, 5.41) is 20.1. The molecule has 0 fully saturated rings. The minimum atomic E-state index is -1.32. The molecule has 0 saturated carbocycles. The van der Waals surface area contributed by atoms with Crippen LogP contribution in [0, 0.1) is 6.92 Å². The van der Waals surface area contributed by atoms with Crippen LogP contribution in [-0.4, -0.2) is 34.7 Å². The minimum Gasteiger partial charge on any atom is -0.480 e. The quantitative estimate of drug-likeness (QED) is 0.745. The average Bonchev–Trinajstić information content (AvgIpc) is 2.28. The topological polar surface area (TPSA) is 86.6 Å². The monoisotopic (exact) mass is 257 g/mol. The zero-order chi connectivity index (χ0) is 13.0. The van der Waals surface area contributed by atoms with Crippen molar-refractivity contribution in [2.75, 3.05) is 6.61 Å². The average molecular weight is 258 g/mol. The van der Waals surface area contributed by atoms with Crippen LogP contribution >= 0.6 is 11.6 Å². The molecule has 5 nitrogen and oxygen atoms in total. The van der Waals surface area contributed by atoms with Gasteiger partial charge in [-0.3, -0.25) is 4.79 Å². The smallest absolute Gasteiger partial charge is 0.328 e. The molecule has 1 amide bonds. The number of carbonyl (C=O) groups is 2. The van der Waals surface area contributed by atoms with Gasteiger partial charge < -0.3 is 15.5 Å². The first-order valence-electron chi connectivity index (χ1n) is 4.86. The number of rotatable bonds is 4. The van der Waals surface area contributed by atoms with E-state index in [0.29, 0.717) is 10.6 Å². The first-order chi connectivity index (χ1) is 7.95. The second-order valence-corrected chi connectivity index (χ2v) is 3.94. The number of hydrogen-bond donors (Lipinski definition) is 3. The number of halogens is 1. The van der Waals surface area contributed by atoms with Crippen LogP contribution in [0.2, 0.25) is 5.02 Å². The van der Waals surface area contributed by atoms with Gasteiger partial charge in [0.05, 0.1) is 6.61 Å². The van der Waals surface area contributed by atoms with Crippen LogP contribution in [0.5, 0.6) is 0 Å². The van der Waals surface area contributed by atoms with E-state index in [9.17, 15) is 9.59 Å². The number of aryl methyl sites for hydroxylation is 1. The second kappa shape index (κ2) is 5.65. The third-order valence-corrected chi connectivity index (χ3v) is 2.47. The molecule has 1 rings (SSSR count). The Morgan fingerprint density at radius 1 is 1.47 bits per heavy atom. The molecule has 6 heteroatoms. The van der Waals surface area contributed by atoms with Crippen LogP contribution in [0.3, 0.4) is 0 Å². The molecule has 1 aromatic rings. The van der Waals surface area contributed by atoms with E-state index in [2.05, 4.69) is 5.32 Å². The van der Waals surface area contributed by atoms with Crippen molar-refractivity contribution in [2.45, 2.75) is 13.0 Å². The highest BCUT2D eigenvalue weighted by Crippen LogP contribution is 2.15. The Hall–Kier alpha value is -1.59. The molecule has 0 bridgehead atoms. The lowest BCUT2D eigenvalue weighted by atomic mass is 10.1. The van der Waals surface area contributed by atoms with Crippen molar-refractivity contribution in [3.05, 3.63) is 34.3 Å². The molecule has 0 spiro atoms. The molecule has 1 aromatic carbocycles. The van der Waals surface area contributed by atoms with Crippen molar-refractivity contribution in [3.8, 4) is 0 Å². The fourth-order valence-corrected chi connectivity index (χ4v) is 1.43. The number of aliphatic hydroxyl groups excluding tert-OH is 1. The Morgan fingerprint density at radius 2 is 2.12 bits per heavy atom. The molecule has 0 heterocycles. The predicted molar refractivity (Wildman–Crippen MR) is 62.2 cm³/mol. The molecule has 3 N–H and O–H groups in total. The Morgan fingerprint density at radius 3 is 2.65 bits per heavy atom. The summed E-state index contributed by atoms with van der Waals surface area (Å²) < 4.78 is 0. The van der Waals surface area contributed by atoms with Gasteiger partial charge in [-0.15, -0.1) is 0 Å². The molecule has 0 aliphatic heterocycles. The molecule has 0 aliphatic rings. The van der Waals surface area contributed by atoms with Gasteiger partial charge in [-0.1, -0.05) is 17.7 Å². The Bertz CT molecular complexity index is 447. The maximum Gasteiger partial charge on any atom is 0.328 e. The zero-order valence-electron chi connectivity index (χ0n) is 9.11. The number of aliphatic carboxylic acids is 1. The third kappa shape index (κ3) is 3.44. The summed E-state index contributed by atoms with van der Waals surface area (Å²) in [7, 11) is 0. The molecule has 0 radical (unpaired) electrons. The normalized spacial score (nSPS) is 11.9. The molecule has 1 atom stereocenters. The fourth-order valence-electron chi connectivity index (χ4n) is 1.26. The molecule has 0 aromatic heterocycles. The summed E-state index contributed by atoms with van der Waals surface area (Å²) in [4.78, 5) is 22.4. The minimum absolute atomic E-state index is 0.289. The van der Waals surface area contributed by atoms with Crippen LogP contribution in [0.25, 0.3) is 0 Å². The summed E-state index contributed by atoms with van der Waals surface area (Å²) >= 11 is 5.75. The molecule has 1 unspecified atom stereocenters. The maximum atomic E-state index is 11.7. The second-order valence-electron chi connectivity index (χ2n) is 3.51. The standard InChI is InChI=1S/C11H12ClNO4/c1-6-2-3-7(12)4-8(6)10(15)13-9(5-14)11(16)17/h2-4,9,14H,5H2,1H3,(H,13,15)(H,16,17). The lowest BCUT2D eigenvalue weighted by Gasteiger charge is -2.13. The number of carboxylic acid groups (broad SMARTS) is 1. The lowest BCUT2D eigenvalue weighted by molar-refractivity contribution is -0.140. The van der Waals surface area contributed by atoms with E-state index < -0.39 is 24.5 Å². The van der Waals surface area contributed by atoms with Crippen molar-refractivity contribution in [2.24, 2.45) is 0 Å². The number of nitrogens with one attached hydrogen (secondary N) is 1. The molecule has 0 saturated heterocycles.